The molecule has 1 aliphatic heterocycles. The summed E-state index contributed by atoms with van der Waals surface area (Å²) in [5.74, 6) is 0.584. The first-order valence-corrected chi connectivity index (χ1v) is 9.93. The van der Waals surface area contributed by atoms with Crippen LogP contribution in [0.2, 0.25) is 0 Å². The molecular formula is C18H25N5O3S. The maximum Gasteiger partial charge on any atom is 0.321 e. The molecule has 146 valence electrons. The number of amides is 3. The maximum atomic E-state index is 12.0. The Labute approximate surface area is 162 Å². The van der Waals surface area contributed by atoms with Crippen molar-refractivity contribution < 1.29 is 14.1 Å². The molecule has 9 heteroatoms. The Hall–Kier alpha value is -2.23. The Morgan fingerprint density at radius 1 is 1.26 bits per heavy atom. The van der Waals surface area contributed by atoms with E-state index in [0.717, 1.165) is 50.6 Å². The molecule has 1 saturated heterocycles. The van der Waals surface area contributed by atoms with Crippen molar-refractivity contribution in [2.45, 2.75) is 19.9 Å². The number of carbonyl (C=O) groups is 2. The third-order valence-corrected chi connectivity index (χ3v) is 5.31. The Morgan fingerprint density at radius 2 is 2.04 bits per heavy atom. The molecule has 0 radical (unpaired) electrons. The Morgan fingerprint density at radius 3 is 2.70 bits per heavy atom. The van der Waals surface area contributed by atoms with Gasteiger partial charge in [-0.3, -0.25) is 19.9 Å². The van der Waals surface area contributed by atoms with Gasteiger partial charge in [0.05, 0.1) is 18.8 Å². The SMILES string of the molecule is Cc1cc(CN2CCN(CC(=O)NC(=O)NCCc3cccs3)CC2)on1. The van der Waals surface area contributed by atoms with Gasteiger partial charge in [-0.2, -0.15) is 0 Å². The van der Waals surface area contributed by atoms with Crippen LogP contribution in [0.1, 0.15) is 16.3 Å². The number of aromatic nitrogens is 1. The van der Waals surface area contributed by atoms with E-state index in [-0.39, 0.29) is 12.5 Å². The summed E-state index contributed by atoms with van der Waals surface area (Å²) in [6, 6.07) is 5.52. The van der Waals surface area contributed by atoms with E-state index in [1.54, 1.807) is 11.3 Å². The van der Waals surface area contributed by atoms with Crippen molar-refractivity contribution in [2.75, 3.05) is 39.3 Å². The lowest BCUT2D eigenvalue weighted by molar-refractivity contribution is -0.121. The van der Waals surface area contributed by atoms with Crippen LogP contribution in [-0.2, 0) is 17.8 Å². The summed E-state index contributed by atoms with van der Waals surface area (Å²) in [6.07, 6.45) is 0.770. The van der Waals surface area contributed by atoms with Crippen molar-refractivity contribution in [1.82, 2.24) is 25.6 Å². The second kappa shape index (κ2) is 9.63. The minimum atomic E-state index is -0.434. The second-order valence-corrected chi connectivity index (χ2v) is 7.65. The highest BCUT2D eigenvalue weighted by Crippen LogP contribution is 2.10. The quantitative estimate of drug-likeness (QED) is 0.738. The van der Waals surface area contributed by atoms with E-state index in [2.05, 4.69) is 25.6 Å². The lowest BCUT2D eigenvalue weighted by atomic mass is 10.3. The normalized spacial score (nSPS) is 15.6. The van der Waals surface area contributed by atoms with Crippen LogP contribution in [0.25, 0.3) is 0 Å². The van der Waals surface area contributed by atoms with Gasteiger partial charge >= 0.3 is 6.03 Å². The van der Waals surface area contributed by atoms with Crippen LogP contribution < -0.4 is 10.6 Å². The number of rotatable bonds is 7. The molecule has 0 unspecified atom stereocenters. The average molecular weight is 391 g/mol. The first-order chi connectivity index (χ1) is 13.1. The molecule has 2 N–H and O–H groups in total. The van der Waals surface area contributed by atoms with Crippen molar-refractivity contribution in [3.8, 4) is 0 Å². The summed E-state index contributed by atoms with van der Waals surface area (Å²) >= 11 is 1.65. The second-order valence-electron chi connectivity index (χ2n) is 6.62. The van der Waals surface area contributed by atoms with E-state index >= 15 is 0 Å². The fraction of sp³-hybridized carbons (Fsp3) is 0.500. The number of thiophene rings is 1. The summed E-state index contributed by atoms with van der Waals surface area (Å²) < 4.78 is 5.24. The Bertz CT molecular complexity index is 738. The number of urea groups is 1. The van der Waals surface area contributed by atoms with Gasteiger partial charge in [0.2, 0.25) is 5.91 Å². The van der Waals surface area contributed by atoms with Crippen molar-refractivity contribution in [2.24, 2.45) is 0 Å². The molecule has 3 amide bonds. The third-order valence-electron chi connectivity index (χ3n) is 4.38. The smallest absolute Gasteiger partial charge is 0.321 e. The van der Waals surface area contributed by atoms with Gasteiger partial charge in [0.15, 0.2) is 5.76 Å². The van der Waals surface area contributed by atoms with E-state index in [0.29, 0.717) is 6.54 Å². The zero-order chi connectivity index (χ0) is 19.1. The number of imide groups is 1. The molecule has 27 heavy (non-hydrogen) atoms. The number of carbonyl (C=O) groups excluding carboxylic acids is 2. The molecule has 2 aromatic rings. The molecule has 0 spiro atoms. The van der Waals surface area contributed by atoms with Crippen molar-refractivity contribution in [1.29, 1.82) is 0 Å². The first-order valence-electron chi connectivity index (χ1n) is 9.05. The van der Waals surface area contributed by atoms with E-state index < -0.39 is 6.03 Å². The summed E-state index contributed by atoms with van der Waals surface area (Å²) in [5.41, 5.74) is 0.883. The fourth-order valence-electron chi connectivity index (χ4n) is 2.98. The van der Waals surface area contributed by atoms with Crippen LogP contribution in [0.15, 0.2) is 28.1 Å². The average Bonchev–Trinajstić information content (AvgIpc) is 3.28. The largest absolute Gasteiger partial charge is 0.360 e. The molecule has 8 nitrogen and oxygen atoms in total. The molecule has 0 saturated carbocycles. The van der Waals surface area contributed by atoms with Crippen LogP contribution >= 0.6 is 11.3 Å². The number of nitrogens with one attached hydrogen (secondary N) is 2. The van der Waals surface area contributed by atoms with Crippen molar-refractivity contribution in [3.63, 3.8) is 0 Å². The highest BCUT2D eigenvalue weighted by molar-refractivity contribution is 7.09. The maximum absolute atomic E-state index is 12.0. The molecule has 1 fully saturated rings. The molecular weight excluding hydrogens is 366 g/mol. The van der Waals surface area contributed by atoms with Crippen LogP contribution in [-0.4, -0.2) is 66.2 Å². The van der Waals surface area contributed by atoms with Crippen LogP contribution in [0, 0.1) is 6.92 Å². The van der Waals surface area contributed by atoms with Gasteiger partial charge in [0.25, 0.3) is 0 Å². The van der Waals surface area contributed by atoms with E-state index in [9.17, 15) is 9.59 Å². The highest BCUT2D eigenvalue weighted by Gasteiger charge is 2.20. The molecule has 3 rings (SSSR count). The van der Waals surface area contributed by atoms with Crippen LogP contribution in [0.3, 0.4) is 0 Å². The number of piperazine rings is 1. The number of nitrogens with zero attached hydrogens (tertiary/aromatic N) is 3. The van der Waals surface area contributed by atoms with Gasteiger partial charge in [0.1, 0.15) is 0 Å². The molecule has 0 aliphatic carbocycles. The predicted octanol–water partition coefficient (Wildman–Crippen LogP) is 1.23. The number of hydrogen-bond acceptors (Lipinski definition) is 7. The third kappa shape index (κ3) is 6.46. The van der Waals surface area contributed by atoms with E-state index in [1.807, 2.05) is 30.5 Å². The zero-order valence-electron chi connectivity index (χ0n) is 15.4. The zero-order valence-corrected chi connectivity index (χ0v) is 16.3. The summed E-state index contributed by atoms with van der Waals surface area (Å²) in [6.45, 7) is 6.63. The van der Waals surface area contributed by atoms with E-state index in [1.165, 1.54) is 4.88 Å². The lowest BCUT2D eigenvalue weighted by Gasteiger charge is -2.33. The van der Waals surface area contributed by atoms with E-state index in [4.69, 9.17) is 4.52 Å². The van der Waals surface area contributed by atoms with Gasteiger partial charge in [-0.15, -0.1) is 11.3 Å². The minimum Gasteiger partial charge on any atom is -0.360 e. The summed E-state index contributed by atoms with van der Waals surface area (Å²) in [7, 11) is 0. The molecule has 0 atom stereocenters. The van der Waals surface area contributed by atoms with Crippen molar-refractivity contribution >= 4 is 23.3 Å². The van der Waals surface area contributed by atoms with Gasteiger partial charge in [-0.05, 0) is 24.8 Å². The minimum absolute atomic E-state index is 0.230. The van der Waals surface area contributed by atoms with Gasteiger partial charge in [-0.1, -0.05) is 11.2 Å². The summed E-state index contributed by atoms with van der Waals surface area (Å²) in [4.78, 5) is 29.4. The number of hydrogen-bond donors (Lipinski definition) is 2. The Kier molecular flexibility index (Phi) is 6.97. The summed E-state index contributed by atoms with van der Waals surface area (Å²) in [5, 5.41) is 11.0. The van der Waals surface area contributed by atoms with Crippen LogP contribution in [0.5, 0.6) is 0 Å². The lowest BCUT2D eigenvalue weighted by Crippen LogP contribution is -2.50. The van der Waals surface area contributed by atoms with Crippen molar-refractivity contribution in [3.05, 3.63) is 39.9 Å². The Balaban J connectivity index is 1.30. The molecule has 3 heterocycles. The van der Waals surface area contributed by atoms with Gasteiger partial charge < -0.3 is 9.84 Å². The monoisotopic (exact) mass is 391 g/mol. The predicted molar refractivity (Wildman–Crippen MR) is 103 cm³/mol. The first kappa shape index (κ1) is 19.5. The molecule has 0 aromatic carbocycles. The highest BCUT2D eigenvalue weighted by atomic mass is 32.1. The van der Waals surface area contributed by atoms with Gasteiger partial charge in [-0.25, -0.2) is 4.79 Å². The number of aryl methyl sites for hydroxylation is 1. The van der Waals surface area contributed by atoms with Crippen LogP contribution in [0.4, 0.5) is 4.79 Å². The molecule has 1 aliphatic rings. The van der Waals surface area contributed by atoms with Gasteiger partial charge in [0, 0.05) is 43.7 Å². The molecule has 0 bridgehead atoms. The molecule has 2 aromatic heterocycles. The standard InChI is InChI=1S/C18H25N5O3S/c1-14-11-15(26-21-14)12-22-6-8-23(9-7-22)13-17(24)20-18(25)19-5-4-16-3-2-10-27-16/h2-3,10-11H,4-9,12-13H2,1H3,(H2,19,20,24,25). The fourth-order valence-corrected chi connectivity index (χ4v) is 3.69. The topological polar surface area (TPSA) is 90.7 Å².